The van der Waals surface area contributed by atoms with Gasteiger partial charge in [-0.2, -0.15) is 5.10 Å². The number of H-pyrrole nitrogens is 1. The van der Waals surface area contributed by atoms with E-state index in [2.05, 4.69) is 10.2 Å². The SMILES string of the molecule is O=C(OCc1ccccc1)N1CCc2c(CO)n[nH]c2C1. The number of amides is 1. The lowest BCUT2D eigenvalue weighted by atomic mass is 10.1. The number of hydrogen-bond donors (Lipinski definition) is 2. The Balaban J connectivity index is 1.59. The van der Waals surface area contributed by atoms with Gasteiger partial charge in [-0.15, -0.1) is 0 Å². The van der Waals surface area contributed by atoms with Crippen LogP contribution < -0.4 is 0 Å². The van der Waals surface area contributed by atoms with Crippen molar-refractivity contribution in [3.63, 3.8) is 0 Å². The van der Waals surface area contributed by atoms with Crippen molar-refractivity contribution in [1.82, 2.24) is 15.1 Å². The van der Waals surface area contributed by atoms with Crippen LogP contribution in [0.2, 0.25) is 0 Å². The van der Waals surface area contributed by atoms with Gasteiger partial charge in [0.1, 0.15) is 6.61 Å². The van der Waals surface area contributed by atoms with E-state index in [4.69, 9.17) is 4.74 Å². The molecule has 1 aliphatic rings. The Bertz CT molecular complexity index is 624. The standard InChI is InChI=1S/C15H17N3O3/c19-9-14-12-6-7-18(8-13(12)16-17-14)15(20)21-10-11-4-2-1-3-5-11/h1-5,19H,6-10H2,(H,16,17). The highest BCUT2D eigenvalue weighted by atomic mass is 16.6. The molecule has 2 aromatic rings. The summed E-state index contributed by atoms with van der Waals surface area (Å²) in [7, 11) is 0. The molecule has 0 unspecified atom stereocenters. The molecule has 6 heteroatoms. The second-order valence-electron chi connectivity index (χ2n) is 5.00. The smallest absolute Gasteiger partial charge is 0.410 e. The quantitative estimate of drug-likeness (QED) is 0.898. The van der Waals surface area contributed by atoms with Crippen LogP contribution in [0.15, 0.2) is 30.3 Å². The molecule has 2 heterocycles. The van der Waals surface area contributed by atoms with E-state index in [9.17, 15) is 9.90 Å². The highest BCUT2D eigenvalue weighted by Gasteiger charge is 2.25. The normalized spacial score (nSPS) is 13.9. The number of aromatic nitrogens is 2. The summed E-state index contributed by atoms with van der Waals surface area (Å²) < 4.78 is 5.32. The summed E-state index contributed by atoms with van der Waals surface area (Å²) in [6.07, 6.45) is 0.354. The number of fused-ring (bicyclic) bond motifs is 1. The van der Waals surface area contributed by atoms with E-state index in [0.29, 0.717) is 25.2 Å². The zero-order chi connectivity index (χ0) is 14.7. The largest absolute Gasteiger partial charge is 0.445 e. The van der Waals surface area contributed by atoms with E-state index in [-0.39, 0.29) is 19.3 Å². The lowest BCUT2D eigenvalue weighted by Crippen LogP contribution is -2.36. The molecule has 0 aliphatic carbocycles. The van der Waals surface area contributed by atoms with Gasteiger partial charge >= 0.3 is 6.09 Å². The van der Waals surface area contributed by atoms with E-state index < -0.39 is 0 Å². The minimum atomic E-state index is -0.329. The minimum absolute atomic E-state index is 0.0791. The molecule has 3 rings (SSSR count). The monoisotopic (exact) mass is 287 g/mol. The predicted molar refractivity (Wildman–Crippen MR) is 75.3 cm³/mol. The summed E-state index contributed by atoms with van der Waals surface area (Å²) in [5.41, 5.74) is 3.53. The molecule has 6 nitrogen and oxygen atoms in total. The molecule has 0 radical (unpaired) electrons. The van der Waals surface area contributed by atoms with Gasteiger partial charge in [0.15, 0.2) is 0 Å². The van der Waals surface area contributed by atoms with Crippen molar-refractivity contribution >= 4 is 6.09 Å². The first-order valence-corrected chi connectivity index (χ1v) is 6.89. The molecule has 0 saturated heterocycles. The van der Waals surface area contributed by atoms with Gasteiger partial charge in [-0.1, -0.05) is 30.3 Å². The molecule has 2 N–H and O–H groups in total. The second kappa shape index (κ2) is 5.97. The summed E-state index contributed by atoms with van der Waals surface area (Å²) in [5, 5.41) is 16.1. The second-order valence-corrected chi connectivity index (χ2v) is 5.00. The minimum Gasteiger partial charge on any atom is -0.445 e. The molecule has 0 spiro atoms. The third kappa shape index (κ3) is 2.90. The Morgan fingerprint density at radius 2 is 2.19 bits per heavy atom. The molecule has 0 bridgehead atoms. The molecule has 110 valence electrons. The molecule has 0 saturated carbocycles. The van der Waals surface area contributed by atoms with Crippen molar-refractivity contribution in [2.24, 2.45) is 0 Å². The fourth-order valence-corrected chi connectivity index (χ4v) is 2.48. The van der Waals surface area contributed by atoms with Crippen LogP contribution in [-0.4, -0.2) is 32.8 Å². The number of aromatic amines is 1. The van der Waals surface area contributed by atoms with Crippen molar-refractivity contribution in [1.29, 1.82) is 0 Å². The number of benzene rings is 1. The van der Waals surface area contributed by atoms with Crippen molar-refractivity contribution in [3.05, 3.63) is 52.8 Å². The summed E-state index contributed by atoms with van der Waals surface area (Å²) in [5.74, 6) is 0. The number of aliphatic hydroxyl groups excluding tert-OH is 1. The lowest BCUT2D eigenvalue weighted by molar-refractivity contribution is 0.0913. The summed E-state index contributed by atoms with van der Waals surface area (Å²) in [4.78, 5) is 13.7. The van der Waals surface area contributed by atoms with E-state index in [1.54, 1.807) is 4.90 Å². The molecule has 1 aromatic heterocycles. The fraction of sp³-hybridized carbons (Fsp3) is 0.333. The first-order valence-electron chi connectivity index (χ1n) is 6.89. The van der Waals surface area contributed by atoms with Gasteiger partial charge in [0.05, 0.1) is 24.5 Å². The molecule has 21 heavy (non-hydrogen) atoms. The lowest BCUT2D eigenvalue weighted by Gasteiger charge is -2.26. The van der Waals surface area contributed by atoms with Crippen LogP contribution >= 0.6 is 0 Å². The summed E-state index contributed by atoms with van der Waals surface area (Å²) in [6, 6.07) is 9.59. The van der Waals surface area contributed by atoms with Crippen LogP contribution in [0.1, 0.15) is 22.5 Å². The van der Waals surface area contributed by atoms with Gasteiger partial charge in [0.2, 0.25) is 0 Å². The van der Waals surface area contributed by atoms with Crippen molar-refractivity contribution in [2.75, 3.05) is 6.54 Å². The highest BCUT2D eigenvalue weighted by molar-refractivity contribution is 5.68. The van der Waals surface area contributed by atoms with Crippen molar-refractivity contribution in [3.8, 4) is 0 Å². The van der Waals surface area contributed by atoms with E-state index >= 15 is 0 Å². The predicted octanol–water partition coefficient (Wildman–Crippen LogP) is 1.60. The zero-order valence-electron chi connectivity index (χ0n) is 11.6. The topological polar surface area (TPSA) is 78.4 Å². The average Bonchev–Trinajstić information content (AvgIpc) is 2.95. The first-order chi connectivity index (χ1) is 10.3. The van der Waals surface area contributed by atoms with Crippen LogP contribution in [0.25, 0.3) is 0 Å². The van der Waals surface area contributed by atoms with Gasteiger partial charge in [0.25, 0.3) is 0 Å². The highest BCUT2D eigenvalue weighted by Crippen LogP contribution is 2.20. The van der Waals surface area contributed by atoms with Crippen LogP contribution in [0.5, 0.6) is 0 Å². The maximum atomic E-state index is 12.1. The van der Waals surface area contributed by atoms with Gasteiger partial charge < -0.3 is 14.7 Å². The number of nitrogens with one attached hydrogen (secondary N) is 1. The zero-order valence-corrected chi connectivity index (χ0v) is 11.6. The molecule has 1 aliphatic heterocycles. The molecular formula is C15H17N3O3. The number of nitrogens with zero attached hydrogens (tertiary/aromatic N) is 2. The van der Waals surface area contributed by atoms with Gasteiger partial charge in [0, 0.05) is 12.1 Å². The number of carbonyl (C=O) groups excluding carboxylic acids is 1. The number of aliphatic hydroxyl groups is 1. The Kier molecular flexibility index (Phi) is 3.87. The number of hydrogen-bond acceptors (Lipinski definition) is 4. The summed E-state index contributed by atoms with van der Waals surface area (Å²) >= 11 is 0. The Labute approximate surface area is 122 Å². The molecule has 1 aromatic carbocycles. The fourth-order valence-electron chi connectivity index (χ4n) is 2.48. The van der Waals surface area contributed by atoms with E-state index in [1.807, 2.05) is 30.3 Å². The number of rotatable bonds is 3. The third-order valence-electron chi connectivity index (χ3n) is 3.63. The van der Waals surface area contributed by atoms with Crippen LogP contribution in [0, 0.1) is 0 Å². The maximum absolute atomic E-state index is 12.1. The van der Waals surface area contributed by atoms with Crippen LogP contribution in [0.3, 0.4) is 0 Å². The number of ether oxygens (including phenoxy) is 1. The Morgan fingerprint density at radius 1 is 1.38 bits per heavy atom. The third-order valence-corrected chi connectivity index (χ3v) is 3.63. The van der Waals surface area contributed by atoms with E-state index in [1.165, 1.54) is 0 Å². The number of carbonyl (C=O) groups is 1. The van der Waals surface area contributed by atoms with Gasteiger partial charge in [-0.05, 0) is 12.0 Å². The Morgan fingerprint density at radius 3 is 2.95 bits per heavy atom. The Hall–Kier alpha value is -2.34. The molecular weight excluding hydrogens is 270 g/mol. The first kappa shape index (κ1) is 13.6. The van der Waals surface area contributed by atoms with Crippen LogP contribution in [-0.2, 0) is 30.9 Å². The maximum Gasteiger partial charge on any atom is 0.410 e. The van der Waals surface area contributed by atoms with E-state index in [0.717, 1.165) is 16.8 Å². The molecule has 1 amide bonds. The summed E-state index contributed by atoms with van der Waals surface area (Å²) in [6.45, 7) is 1.21. The van der Waals surface area contributed by atoms with Crippen molar-refractivity contribution < 1.29 is 14.6 Å². The molecule has 0 fully saturated rings. The van der Waals surface area contributed by atoms with Crippen molar-refractivity contribution in [2.45, 2.75) is 26.2 Å². The molecule has 0 atom stereocenters. The van der Waals surface area contributed by atoms with Crippen LogP contribution in [0.4, 0.5) is 4.79 Å². The van der Waals surface area contributed by atoms with Gasteiger partial charge in [-0.3, -0.25) is 5.10 Å². The average molecular weight is 287 g/mol. The van der Waals surface area contributed by atoms with Gasteiger partial charge in [-0.25, -0.2) is 4.79 Å².